The minimum absolute atomic E-state index is 0.450. The van der Waals surface area contributed by atoms with Crippen LogP contribution in [0.5, 0.6) is 5.75 Å². The third kappa shape index (κ3) is 3.51. The Morgan fingerprint density at radius 2 is 1.89 bits per heavy atom. The Bertz CT molecular complexity index is 566. The van der Waals surface area contributed by atoms with Crippen molar-refractivity contribution in [2.75, 3.05) is 5.73 Å². The van der Waals surface area contributed by atoms with Gasteiger partial charge in [0.25, 0.3) is 0 Å². The molecule has 0 fully saturated rings. The monoisotopic (exact) mass is 319 g/mol. The summed E-state index contributed by atoms with van der Waals surface area (Å²) in [5.74, 6) is 1.39. The highest BCUT2D eigenvalue weighted by molar-refractivity contribution is 9.10. The fourth-order valence-corrected chi connectivity index (χ4v) is 2.18. The molecule has 2 aromatic rings. The number of hydrogen-bond acceptors (Lipinski definition) is 2. The van der Waals surface area contributed by atoms with E-state index in [0.29, 0.717) is 12.5 Å². The third-order valence-corrected chi connectivity index (χ3v) is 3.72. The number of rotatable bonds is 4. The van der Waals surface area contributed by atoms with E-state index in [1.807, 2.05) is 36.4 Å². The van der Waals surface area contributed by atoms with Gasteiger partial charge in [0, 0.05) is 10.2 Å². The first-order chi connectivity index (χ1) is 9.08. The molecule has 0 aromatic heterocycles. The summed E-state index contributed by atoms with van der Waals surface area (Å²) < 4.78 is 6.82. The van der Waals surface area contributed by atoms with Crippen molar-refractivity contribution >= 4 is 21.6 Å². The van der Waals surface area contributed by atoms with Crippen molar-refractivity contribution in [3.63, 3.8) is 0 Å². The maximum Gasteiger partial charge on any atom is 0.123 e. The highest BCUT2D eigenvalue weighted by Crippen LogP contribution is 2.27. The molecule has 2 rings (SSSR count). The Kier molecular flexibility index (Phi) is 4.48. The molecule has 0 unspecified atom stereocenters. The maximum atomic E-state index is 5.91. The van der Waals surface area contributed by atoms with E-state index >= 15 is 0 Å². The van der Waals surface area contributed by atoms with Gasteiger partial charge in [0.15, 0.2) is 0 Å². The molecule has 0 spiro atoms. The van der Waals surface area contributed by atoms with Gasteiger partial charge in [-0.3, -0.25) is 0 Å². The van der Waals surface area contributed by atoms with E-state index in [1.165, 1.54) is 5.56 Å². The molecule has 0 saturated carbocycles. The molecule has 2 aromatic carbocycles. The summed E-state index contributed by atoms with van der Waals surface area (Å²) in [4.78, 5) is 0. The highest BCUT2D eigenvalue weighted by atomic mass is 79.9. The molecular formula is C16H18BrNO. The van der Waals surface area contributed by atoms with E-state index < -0.39 is 0 Å². The molecule has 0 amide bonds. The first-order valence-corrected chi connectivity index (χ1v) is 7.13. The molecule has 0 aliphatic heterocycles. The van der Waals surface area contributed by atoms with Crippen molar-refractivity contribution in [1.29, 1.82) is 0 Å². The largest absolute Gasteiger partial charge is 0.489 e. The lowest BCUT2D eigenvalue weighted by atomic mass is 10.0. The lowest BCUT2D eigenvalue weighted by Crippen LogP contribution is -2.00. The fourth-order valence-electron chi connectivity index (χ4n) is 1.93. The molecule has 19 heavy (non-hydrogen) atoms. The topological polar surface area (TPSA) is 35.2 Å². The van der Waals surface area contributed by atoms with Crippen molar-refractivity contribution in [1.82, 2.24) is 0 Å². The van der Waals surface area contributed by atoms with E-state index in [4.69, 9.17) is 10.5 Å². The average molecular weight is 320 g/mol. The van der Waals surface area contributed by atoms with Crippen LogP contribution in [-0.2, 0) is 6.61 Å². The second-order valence-corrected chi connectivity index (χ2v) is 5.69. The number of ether oxygens (including phenoxy) is 1. The minimum atomic E-state index is 0.450. The van der Waals surface area contributed by atoms with Gasteiger partial charge in [-0.2, -0.15) is 0 Å². The predicted octanol–water partition coefficient (Wildman–Crippen LogP) is 4.73. The molecule has 100 valence electrons. The number of anilines is 1. The van der Waals surface area contributed by atoms with Gasteiger partial charge in [0.1, 0.15) is 12.4 Å². The molecule has 0 radical (unpaired) electrons. The molecular weight excluding hydrogens is 302 g/mol. The van der Waals surface area contributed by atoms with E-state index in [-0.39, 0.29) is 0 Å². The third-order valence-electron chi connectivity index (χ3n) is 3.00. The van der Waals surface area contributed by atoms with Gasteiger partial charge in [-0.05, 0) is 51.2 Å². The molecule has 2 N–H and O–H groups in total. The van der Waals surface area contributed by atoms with Gasteiger partial charge in [-0.25, -0.2) is 0 Å². The zero-order valence-corrected chi connectivity index (χ0v) is 12.8. The second kappa shape index (κ2) is 6.11. The lowest BCUT2D eigenvalue weighted by molar-refractivity contribution is 0.302. The van der Waals surface area contributed by atoms with Crippen LogP contribution in [0.2, 0.25) is 0 Å². The Labute approximate surface area is 122 Å². The molecule has 0 bridgehead atoms. The normalized spacial score (nSPS) is 10.7. The van der Waals surface area contributed by atoms with Crippen molar-refractivity contribution < 1.29 is 4.74 Å². The summed E-state index contributed by atoms with van der Waals surface area (Å²) in [5, 5.41) is 0. The first kappa shape index (κ1) is 13.9. The quantitative estimate of drug-likeness (QED) is 0.826. The summed E-state index contributed by atoms with van der Waals surface area (Å²) in [6, 6.07) is 14.0. The van der Waals surface area contributed by atoms with Crippen LogP contribution < -0.4 is 10.5 Å². The number of nitrogens with two attached hydrogens (primary N) is 1. The number of hydrogen-bond donors (Lipinski definition) is 1. The van der Waals surface area contributed by atoms with Crippen LogP contribution in [0.15, 0.2) is 46.9 Å². The Morgan fingerprint density at radius 3 is 2.58 bits per heavy atom. The van der Waals surface area contributed by atoms with Gasteiger partial charge in [-0.1, -0.05) is 38.1 Å². The van der Waals surface area contributed by atoms with Gasteiger partial charge in [0.2, 0.25) is 0 Å². The average Bonchev–Trinajstić information content (AvgIpc) is 2.40. The number of para-hydroxylation sites is 1. The SMILES string of the molecule is CC(C)c1ccccc1OCc1ccc(Br)c(N)c1. The summed E-state index contributed by atoms with van der Waals surface area (Å²) in [6.07, 6.45) is 0. The Morgan fingerprint density at radius 1 is 1.16 bits per heavy atom. The lowest BCUT2D eigenvalue weighted by Gasteiger charge is -2.14. The zero-order chi connectivity index (χ0) is 13.8. The highest BCUT2D eigenvalue weighted by Gasteiger charge is 2.07. The molecule has 2 nitrogen and oxygen atoms in total. The van der Waals surface area contributed by atoms with E-state index in [1.54, 1.807) is 0 Å². The first-order valence-electron chi connectivity index (χ1n) is 6.33. The van der Waals surface area contributed by atoms with Gasteiger partial charge in [0.05, 0.1) is 0 Å². The van der Waals surface area contributed by atoms with E-state index in [2.05, 4.69) is 35.8 Å². The smallest absolute Gasteiger partial charge is 0.123 e. The predicted molar refractivity (Wildman–Crippen MR) is 83.4 cm³/mol. The fraction of sp³-hybridized carbons (Fsp3) is 0.250. The number of halogens is 1. The van der Waals surface area contributed by atoms with Crippen molar-refractivity contribution in [3.05, 3.63) is 58.1 Å². The van der Waals surface area contributed by atoms with E-state index in [0.717, 1.165) is 21.5 Å². The van der Waals surface area contributed by atoms with Gasteiger partial charge >= 0.3 is 0 Å². The van der Waals surface area contributed by atoms with Crippen LogP contribution in [0.4, 0.5) is 5.69 Å². The molecule has 3 heteroatoms. The number of nitrogen functional groups attached to an aromatic ring is 1. The van der Waals surface area contributed by atoms with Crippen LogP contribution in [0, 0.1) is 0 Å². The summed E-state index contributed by atoms with van der Waals surface area (Å²) in [5.41, 5.74) is 8.90. The van der Waals surface area contributed by atoms with Crippen LogP contribution in [-0.4, -0.2) is 0 Å². The standard InChI is InChI=1S/C16H18BrNO/c1-11(2)13-5-3-4-6-16(13)19-10-12-7-8-14(17)15(18)9-12/h3-9,11H,10,18H2,1-2H3. The zero-order valence-electron chi connectivity index (χ0n) is 11.2. The molecule has 0 aliphatic carbocycles. The Hall–Kier alpha value is -1.48. The molecule has 0 aliphatic rings. The Balaban J connectivity index is 2.12. The summed E-state index contributed by atoms with van der Waals surface area (Å²) >= 11 is 3.39. The molecule has 0 saturated heterocycles. The van der Waals surface area contributed by atoms with Crippen LogP contribution in [0.25, 0.3) is 0 Å². The summed E-state index contributed by atoms with van der Waals surface area (Å²) in [7, 11) is 0. The van der Waals surface area contributed by atoms with Gasteiger partial charge in [-0.15, -0.1) is 0 Å². The molecule has 0 heterocycles. The van der Waals surface area contributed by atoms with Gasteiger partial charge < -0.3 is 10.5 Å². The van der Waals surface area contributed by atoms with Crippen LogP contribution in [0.3, 0.4) is 0 Å². The van der Waals surface area contributed by atoms with Crippen molar-refractivity contribution in [2.24, 2.45) is 0 Å². The number of benzene rings is 2. The van der Waals surface area contributed by atoms with Crippen LogP contribution >= 0.6 is 15.9 Å². The van der Waals surface area contributed by atoms with Crippen molar-refractivity contribution in [2.45, 2.75) is 26.4 Å². The van der Waals surface area contributed by atoms with Crippen molar-refractivity contribution in [3.8, 4) is 5.75 Å². The van der Waals surface area contributed by atoms with E-state index in [9.17, 15) is 0 Å². The molecule has 0 atom stereocenters. The summed E-state index contributed by atoms with van der Waals surface area (Å²) in [6.45, 7) is 4.86. The minimum Gasteiger partial charge on any atom is -0.489 e. The maximum absolute atomic E-state index is 5.91. The van der Waals surface area contributed by atoms with Crippen LogP contribution in [0.1, 0.15) is 30.9 Å². The second-order valence-electron chi connectivity index (χ2n) is 4.84.